The summed E-state index contributed by atoms with van der Waals surface area (Å²) in [6.07, 6.45) is 0. The van der Waals surface area contributed by atoms with Crippen molar-refractivity contribution in [3.05, 3.63) is 64.4 Å². The third-order valence-corrected chi connectivity index (χ3v) is 4.61. The molecular formula is C16H11CrN4NaO6S. The largest absolute Gasteiger partial charge is 1.00 e. The predicted molar refractivity (Wildman–Crippen MR) is 96.7 cm³/mol. The number of benzene rings is 3. The molecule has 3 N–H and O–H groups in total. The van der Waals surface area contributed by atoms with E-state index in [9.17, 15) is 28.2 Å². The number of phenols is 1. The van der Waals surface area contributed by atoms with Gasteiger partial charge in [0.05, 0.1) is 16.7 Å². The van der Waals surface area contributed by atoms with Crippen LogP contribution in [-0.4, -0.2) is 23.0 Å². The quantitative estimate of drug-likeness (QED) is 0.197. The molecule has 3 aromatic carbocycles. The van der Waals surface area contributed by atoms with Crippen molar-refractivity contribution < 1.29 is 69.9 Å². The van der Waals surface area contributed by atoms with Gasteiger partial charge in [-0.15, -0.1) is 10.8 Å². The fraction of sp³-hybridized carbons (Fsp3) is 0. The molecule has 0 fully saturated rings. The van der Waals surface area contributed by atoms with Gasteiger partial charge < -0.3 is 10.8 Å². The summed E-state index contributed by atoms with van der Waals surface area (Å²) >= 11 is 0. The summed E-state index contributed by atoms with van der Waals surface area (Å²) in [4.78, 5) is 9.68. The van der Waals surface area contributed by atoms with Crippen LogP contribution in [-0.2, 0) is 27.5 Å². The van der Waals surface area contributed by atoms with Gasteiger partial charge in [0.2, 0.25) is 0 Å². The maximum atomic E-state index is 11.5. The van der Waals surface area contributed by atoms with Crippen LogP contribution in [0.25, 0.3) is 16.5 Å². The second kappa shape index (κ2) is 9.64. The maximum Gasteiger partial charge on any atom is 1.00 e. The zero-order chi connectivity index (χ0) is 19.8. The van der Waals surface area contributed by atoms with Gasteiger partial charge in [-0.05, 0) is 12.1 Å². The van der Waals surface area contributed by atoms with Crippen molar-refractivity contribution in [1.29, 1.82) is 0 Å². The van der Waals surface area contributed by atoms with Crippen molar-refractivity contribution in [2.45, 2.75) is 4.90 Å². The van der Waals surface area contributed by atoms with E-state index in [2.05, 4.69) is 10.2 Å². The van der Waals surface area contributed by atoms with E-state index >= 15 is 0 Å². The Hall–Kier alpha value is -2.04. The van der Waals surface area contributed by atoms with Crippen molar-refractivity contribution in [3.8, 4) is 5.75 Å². The van der Waals surface area contributed by atoms with Crippen molar-refractivity contribution >= 4 is 43.6 Å². The van der Waals surface area contributed by atoms with Gasteiger partial charge in [0.15, 0.2) is 0 Å². The number of nitro benzene ring substituents is 1. The van der Waals surface area contributed by atoms with Crippen molar-refractivity contribution in [2.24, 2.45) is 10.2 Å². The Morgan fingerprint density at radius 2 is 1.72 bits per heavy atom. The molecule has 0 saturated heterocycles. The van der Waals surface area contributed by atoms with E-state index in [0.29, 0.717) is 0 Å². The minimum absolute atomic E-state index is 0. The molecule has 0 aliphatic carbocycles. The molecule has 0 aromatic heterocycles. The van der Waals surface area contributed by atoms with Crippen LogP contribution in [0.2, 0.25) is 0 Å². The molecule has 13 heteroatoms. The van der Waals surface area contributed by atoms with E-state index in [1.165, 1.54) is 36.4 Å². The first kappa shape index (κ1) is 25.0. The molecule has 0 atom stereocenters. The average Bonchev–Trinajstić information content (AvgIpc) is 2.60. The van der Waals surface area contributed by atoms with Gasteiger partial charge in [-0.1, -0.05) is 24.3 Å². The predicted octanol–water partition coefficient (Wildman–Crippen LogP) is 1.80. The van der Waals surface area contributed by atoms with E-state index < -0.39 is 20.8 Å². The molecule has 0 spiro atoms. The molecule has 29 heavy (non-hydrogen) atoms. The Labute approximate surface area is 197 Å². The van der Waals surface area contributed by atoms with Crippen molar-refractivity contribution in [2.75, 3.05) is 0 Å². The van der Waals surface area contributed by atoms with Gasteiger partial charge in [0.1, 0.15) is 16.3 Å². The molecule has 10 nitrogen and oxygen atoms in total. The van der Waals surface area contributed by atoms with Crippen LogP contribution in [0, 0.1) is 10.1 Å². The van der Waals surface area contributed by atoms with E-state index in [4.69, 9.17) is 5.73 Å². The first-order valence-electron chi connectivity index (χ1n) is 7.32. The Balaban J connectivity index is 0.00000210. The summed E-state index contributed by atoms with van der Waals surface area (Å²) in [5.41, 5.74) is 7.52. The van der Waals surface area contributed by atoms with Gasteiger partial charge in [-0.3, -0.25) is 14.7 Å². The van der Waals surface area contributed by atoms with Crippen molar-refractivity contribution in [3.63, 3.8) is 0 Å². The minimum atomic E-state index is -4.48. The Morgan fingerprint density at radius 3 is 2.31 bits per heavy atom. The summed E-state index contributed by atoms with van der Waals surface area (Å²) in [6.45, 7) is 0. The fourth-order valence-electron chi connectivity index (χ4n) is 2.46. The second-order valence-corrected chi connectivity index (χ2v) is 6.81. The number of azo groups is 1. The molecule has 0 unspecified atom stereocenters. The van der Waals surface area contributed by atoms with E-state index in [0.717, 1.165) is 12.1 Å². The van der Waals surface area contributed by atoms with E-state index in [1.807, 2.05) is 0 Å². The molecule has 0 aliphatic rings. The number of nitrogens with one attached hydrogen (secondary N) is 1. The van der Waals surface area contributed by atoms with E-state index in [1.54, 1.807) is 0 Å². The standard InChI is InChI=1S/C16H11N4O6S.Cr.Na/c17-12-6-5-10-11(2-1-3-15(10)27(24,25)26)16(12)19-18-13-7-4-9(20(22)23)8-14(13)21;;/h1-8H,(H3-,17,18,19,21,24,25,26);;/q-1;;+1. The zero-order valence-corrected chi connectivity index (χ0v) is 18.9. The molecule has 0 radical (unpaired) electrons. The molecule has 0 amide bonds. The van der Waals surface area contributed by atoms with Crippen LogP contribution in [0.3, 0.4) is 0 Å². The van der Waals surface area contributed by atoms with Gasteiger partial charge >= 0.3 is 29.6 Å². The third-order valence-electron chi connectivity index (χ3n) is 3.70. The van der Waals surface area contributed by atoms with Crippen LogP contribution in [0.1, 0.15) is 0 Å². The smallest absolute Gasteiger partial charge is 0.697 e. The van der Waals surface area contributed by atoms with Gasteiger partial charge in [-0.2, -0.15) is 13.5 Å². The fourth-order valence-corrected chi connectivity index (χ4v) is 3.17. The summed E-state index contributed by atoms with van der Waals surface area (Å²) in [7, 11) is -4.48. The molecule has 3 rings (SSSR count). The van der Waals surface area contributed by atoms with Gasteiger partial charge in [0.25, 0.3) is 15.8 Å². The van der Waals surface area contributed by atoms with Gasteiger partial charge in [0, 0.05) is 34.2 Å². The summed E-state index contributed by atoms with van der Waals surface area (Å²) in [5, 5.41) is 28.6. The number of fused-ring (bicyclic) bond motifs is 1. The molecule has 0 heterocycles. The number of nitrogens with zero attached hydrogens (tertiary/aromatic N) is 3. The molecular weight excluding hydrogens is 451 g/mol. The Bertz CT molecular complexity index is 1220. The number of hydrogen-bond donors (Lipinski definition) is 2. The summed E-state index contributed by atoms with van der Waals surface area (Å²) in [6, 6.07) is 9.99. The number of phenolic OH excluding ortho intramolecular Hbond substituents is 1. The van der Waals surface area contributed by atoms with Crippen LogP contribution >= 0.6 is 0 Å². The number of rotatable bonds is 4. The summed E-state index contributed by atoms with van der Waals surface area (Å²) in [5.74, 6) is -0.474. The van der Waals surface area contributed by atoms with E-state index in [-0.39, 0.29) is 85.3 Å². The number of nitro groups is 1. The molecule has 3 aromatic rings. The SMILES string of the molecule is [Cr].[NH-]c1ccc2c(S(=O)(=O)O)cccc2c1N=Nc1ccc([N+](=O)[O-])cc1O.[Na+]. The summed E-state index contributed by atoms with van der Waals surface area (Å²) < 4.78 is 32.4. The number of non-ortho nitro benzene ring substituents is 1. The van der Waals surface area contributed by atoms with Crippen LogP contribution in [0.5, 0.6) is 5.75 Å². The van der Waals surface area contributed by atoms with Crippen molar-refractivity contribution in [1.82, 2.24) is 0 Å². The minimum Gasteiger partial charge on any atom is -0.697 e. The Morgan fingerprint density at radius 1 is 1.03 bits per heavy atom. The van der Waals surface area contributed by atoms with Crippen LogP contribution in [0.4, 0.5) is 22.7 Å². The van der Waals surface area contributed by atoms with Gasteiger partial charge in [-0.25, -0.2) is 0 Å². The molecule has 0 aliphatic heterocycles. The van der Waals surface area contributed by atoms with Crippen LogP contribution < -0.4 is 29.6 Å². The molecule has 0 saturated carbocycles. The first-order valence-corrected chi connectivity index (χ1v) is 8.76. The average molecular weight is 462 g/mol. The molecule has 0 bridgehead atoms. The normalized spacial score (nSPS) is 11.1. The van der Waals surface area contributed by atoms with Crippen LogP contribution in [0.15, 0.2) is 63.7 Å². The number of hydrogen-bond acceptors (Lipinski definition) is 7. The third kappa shape index (κ3) is 5.31. The number of aromatic hydroxyl groups is 1. The second-order valence-electron chi connectivity index (χ2n) is 5.42. The molecule has 144 valence electrons. The monoisotopic (exact) mass is 462 g/mol. The maximum absolute atomic E-state index is 11.5. The first-order chi connectivity index (χ1) is 12.7. The zero-order valence-electron chi connectivity index (χ0n) is 14.8. The Kier molecular flexibility index (Phi) is 8.31. The topological polar surface area (TPSA) is 166 Å².